The van der Waals surface area contributed by atoms with Crippen LogP contribution in [0.5, 0.6) is 5.75 Å². The molecule has 1 atom stereocenters. The highest BCUT2D eigenvalue weighted by atomic mass is 19.4. The number of benzene rings is 1. The van der Waals surface area contributed by atoms with Crippen LogP contribution >= 0.6 is 0 Å². The Morgan fingerprint density at radius 2 is 2.03 bits per heavy atom. The molecule has 3 rings (SSSR count). The summed E-state index contributed by atoms with van der Waals surface area (Å²) in [7, 11) is 0. The number of aromatic nitrogens is 1. The highest BCUT2D eigenvalue weighted by Crippen LogP contribution is 2.24. The third kappa shape index (κ3) is 6.75. The van der Waals surface area contributed by atoms with Crippen LogP contribution in [0, 0.1) is 0 Å². The lowest BCUT2D eigenvalue weighted by Gasteiger charge is -2.17. The first kappa shape index (κ1) is 21.6. The Labute approximate surface area is 171 Å². The van der Waals surface area contributed by atoms with E-state index in [1.54, 1.807) is 30.5 Å². The molecule has 1 aromatic carbocycles. The molecule has 0 spiro atoms. The third-order valence-corrected chi connectivity index (χ3v) is 4.51. The second-order valence-electron chi connectivity index (χ2n) is 6.84. The predicted molar refractivity (Wildman–Crippen MR) is 104 cm³/mol. The van der Waals surface area contributed by atoms with Crippen LogP contribution in [0.25, 0.3) is 6.08 Å². The van der Waals surface area contributed by atoms with Crippen LogP contribution in [0.15, 0.2) is 48.7 Å². The van der Waals surface area contributed by atoms with Crippen LogP contribution in [-0.4, -0.2) is 46.5 Å². The maximum atomic E-state index is 12.2. The quantitative estimate of drug-likeness (QED) is 0.361. The second-order valence-corrected chi connectivity index (χ2v) is 6.84. The number of hydrogen-bond donors (Lipinski definition) is 3. The number of hydrogen-bond acceptors (Lipinski definition) is 6. The minimum absolute atomic E-state index is 0.201. The van der Waals surface area contributed by atoms with Gasteiger partial charge >= 0.3 is 6.36 Å². The van der Waals surface area contributed by atoms with E-state index in [-0.39, 0.29) is 11.8 Å². The largest absolute Gasteiger partial charge is 0.573 e. The van der Waals surface area contributed by atoms with Crippen molar-refractivity contribution in [2.75, 3.05) is 18.4 Å². The Balaban J connectivity index is 1.47. The van der Waals surface area contributed by atoms with Gasteiger partial charge in [-0.25, -0.2) is 10.5 Å². The molecule has 1 aliphatic rings. The van der Waals surface area contributed by atoms with E-state index in [9.17, 15) is 18.0 Å². The van der Waals surface area contributed by atoms with Gasteiger partial charge in [0.1, 0.15) is 11.6 Å². The summed E-state index contributed by atoms with van der Waals surface area (Å²) in [5.41, 5.74) is 3.14. The number of hydroxylamine groups is 1. The molecule has 1 amide bonds. The average molecular weight is 422 g/mol. The van der Waals surface area contributed by atoms with Gasteiger partial charge in [0, 0.05) is 37.9 Å². The number of pyridine rings is 1. The monoisotopic (exact) mass is 422 g/mol. The first-order chi connectivity index (χ1) is 14.3. The molecule has 160 valence electrons. The fourth-order valence-corrected chi connectivity index (χ4v) is 3.16. The lowest BCUT2D eigenvalue weighted by Crippen LogP contribution is -2.26. The number of halogens is 3. The van der Waals surface area contributed by atoms with E-state index in [1.165, 1.54) is 29.8 Å². The summed E-state index contributed by atoms with van der Waals surface area (Å²) in [6.07, 6.45) is 0.563. The number of carbonyl (C=O) groups excluding carboxylic acids is 1. The zero-order chi connectivity index (χ0) is 21.6. The van der Waals surface area contributed by atoms with Crippen molar-refractivity contribution in [1.29, 1.82) is 0 Å². The van der Waals surface area contributed by atoms with Gasteiger partial charge in [-0.05, 0) is 47.9 Å². The molecule has 1 aromatic heterocycles. The van der Waals surface area contributed by atoms with Crippen molar-refractivity contribution in [3.63, 3.8) is 0 Å². The fourth-order valence-electron chi connectivity index (χ4n) is 3.16. The Hall–Kier alpha value is -3.11. The molecule has 2 aromatic rings. The van der Waals surface area contributed by atoms with Gasteiger partial charge in [-0.3, -0.25) is 14.9 Å². The smallest absolute Gasteiger partial charge is 0.406 e. The molecule has 3 N–H and O–H groups in total. The molecule has 0 unspecified atom stereocenters. The SMILES string of the molecule is O=C(/C=C/c1ccc(N[C@@H]2CCN(Cc3ccc(OC(F)(F)F)cc3)C2)nc1)NO. The van der Waals surface area contributed by atoms with Crippen LogP contribution < -0.4 is 15.5 Å². The Morgan fingerprint density at radius 1 is 1.27 bits per heavy atom. The summed E-state index contributed by atoms with van der Waals surface area (Å²) >= 11 is 0. The van der Waals surface area contributed by atoms with Gasteiger partial charge in [-0.2, -0.15) is 0 Å². The molecule has 0 radical (unpaired) electrons. The summed E-state index contributed by atoms with van der Waals surface area (Å²) in [6.45, 7) is 2.27. The van der Waals surface area contributed by atoms with Gasteiger partial charge in [0.05, 0.1) is 0 Å². The number of amides is 1. The molecular formula is C20H21F3N4O3. The van der Waals surface area contributed by atoms with E-state index in [2.05, 4.69) is 19.9 Å². The van der Waals surface area contributed by atoms with Crippen LogP contribution in [0.4, 0.5) is 19.0 Å². The highest BCUT2D eigenvalue weighted by Gasteiger charge is 2.31. The molecule has 0 saturated carbocycles. The van der Waals surface area contributed by atoms with Crippen molar-refractivity contribution in [3.8, 4) is 5.75 Å². The number of rotatable bonds is 7. The third-order valence-electron chi connectivity index (χ3n) is 4.51. The van der Waals surface area contributed by atoms with E-state index in [1.807, 2.05) is 0 Å². The number of nitrogens with zero attached hydrogens (tertiary/aromatic N) is 2. The van der Waals surface area contributed by atoms with Gasteiger partial charge in [0.25, 0.3) is 5.91 Å². The molecule has 1 saturated heterocycles. The molecule has 7 nitrogen and oxygen atoms in total. The molecule has 1 aliphatic heterocycles. The van der Waals surface area contributed by atoms with Crippen molar-refractivity contribution in [2.45, 2.75) is 25.4 Å². The first-order valence-electron chi connectivity index (χ1n) is 9.22. The van der Waals surface area contributed by atoms with E-state index < -0.39 is 12.3 Å². The summed E-state index contributed by atoms with van der Waals surface area (Å²) < 4.78 is 40.6. The number of alkyl halides is 3. The molecule has 0 aliphatic carbocycles. The lowest BCUT2D eigenvalue weighted by atomic mass is 10.2. The molecule has 2 heterocycles. The van der Waals surface area contributed by atoms with Crippen molar-refractivity contribution in [3.05, 3.63) is 59.8 Å². The Morgan fingerprint density at radius 3 is 2.67 bits per heavy atom. The number of carbonyl (C=O) groups is 1. The average Bonchev–Trinajstić information content (AvgIpc) is 3.14. The number of likely N-dealkylation sites (tertiary alicyclic amines) is 1. The normalized spacial score (nSPS) is 17.3. The highest BCUT2D eigenvalue weighted by molar-refractivity contribution is 5.90. The zero-order valence-corrected chi connectivity index (χ0v) is 15.9. The standard InChI is InChI=1S/C20H21F3N4O3/c21-20(22,23)30-17-5-1-15(2-6-17)12-27-10-9-16(13-27)25-18-7-3-14(11-24-18)4-8-19(28)26-29/h1-8,11,16,29H,9-10,12-13H2,(H,24,25)(H,26,28)/b8-4+/t16-/m1/s1. The van der Waals surface area contributed by atoms with Crippen LogP contribution in [0.1, 0.15) is 17.5 Å². The molecule has 10 heteroatoms. The van der Waals surface area contributed by atoms with E-state index in [0.29, 0.717) is 12.4 Å². The number of nitrogens with one attached hydrogen (secondary N) is 2. The van der Waals surface area contributed by atoms with Gasteiger partial charge in [0.2, 0.25) is 0 Å². The first-order valence-corrected chi connectivity index (χ1v) is 9.22. The van der Waals surface area contributed by atoms with Gasteiger partial charge in [0.15, 0.2) is 0 Å². The number of anilines is 1. The Kier molecular flexibility index (Phi) is 6.91. The van der Waals surface area contributed by atoms with Crippen LogP contribution in [0.2, 0.25) is 0 Å². The van der Waals surface area contributed by atoms with Crippen molar-refractivity contribution in [1.82, 2.24) is 15.4 Å². The molecule has 30 heavy (non-hydrogen) atoms. The zero-order valence-electron chi connectivity index (χ0n) is 15.9. The van der Waals surface area contributed by atoms with E-state index in [4.69, 9.17) is 5.21 Å². The van der Waals surface area contributed by atoms with Crippen LogP contribution in [-0.2, 0) is 11.3 Å². The summed E-state index contributed by atoms with van der Waals surface area (Å²) in [6, 6.07) is 9.70. The van der Waals surface area contributed by atoms with Crippen molar-refractivity contribution in [2.24, 2.45) is 0 Å². The summed E-state index contributed by atoms with van der Waals surface area (Å²) in [5, 5.41) is 11.8. The lowest BCUT2D eigenvalue weighted by molar-refractivity contribution is -0.274. The van der Waals surface area contributed by atoms with Gasteiger partial charge in [-0.15, -0.1) is 13.2 Å². The predicted octanol–water partition coefficient (Wildman–Crippen LogP) is 3.19. The van der Waals surface area contributed by atoms with Gasteiger partial charge in [-0.1, -0.05) is 12.1 Å². The van der Waals surface area contributed by atoms with Gasteiger partial charge < -0.3 is 10.1 Å². The Bertz CT molecular complexity index is 870. The maximum Gasteiger partial charge on any atom is 0.573 e. The summed E-state index contributed by atoms with van der Waals surface area (Å²) in [5.74, 6) is -0.140. The van der Waals surface area contributed by atoms with E-state index in [0.717, 1.165) is 30.6 Å². The number of ether oxygens (including phenoxy) is 1. The fraction of sp³-hybridized carbons (Fsp3) is 0.300. The minimum atomic E-state index is -4.69. The second kappa shape index (κ2) is 9.59. The minimum Gasteiger partial charge on any atom is -0.406 e. The van der Waals surface area contributed by atoms with Crippen LogP contribution in [0.3, 0.4) is 0 Å². The van der Waals surface area contributed by atoms with Crippen molar-refractivity contribution < 1.29 is 27.9 Å². The topological polar surface area (TPSA) is 86.7 Å². The van der Waals surface area contributed by atoms with E-state index >= 15 is 0 Å². The maximum absolute atomic E-state index is 12.2. The van der Waals surface area contributed by atoms with Crippen molar-refractivity contribution >= 4 is 17.8 Å². The summed E-state index contributed by atoms with van der Waals surface area (Å²) in [4.78, 5) is 17.5. The molecular weight excluding hydrogens is 401 g/mol. The molecule has 0 bridgehead atoms. The molecule has 1 fully saturated rings.